The summed E-state index contributed by atoms with van der Waals surface area (Å²) in [5.41, 5.74) is 13.4. The summed E-state index contributed by atoms with van der Waals surface area (Å²) in [5.74, 6) is 0. The van der Waals surface area contributed by atoms with Crippen LogP contribution in [0.5, 0.6) is 0 Å². The fourth-order valence-electron chi connectivity index (χ4n) is 5.12. The Morgan fingerprint density at radius 3 is 1.44 bits per heavy atom. The van der Waals surface area contributed by atoms with E-state index in [-0.39, 0.29) is 0 Å². The molecule has 0 bridgehead atoms. The van der Waals surface area contributed by atoms with Crippen molar-refractivity contribution in [3.05, 3.63) is 145 Å². The van der Waals surface area contributed by atoms with Crippen molar-refractivity contribution in [2.45, 2.75) is 0 Å². The number of benzene rings is 3. The molecule has 1 aliphatic carbocycles. The molecule has 0 spiro atoms. The van der Waals surface area contributed by atoms with Crippen LogP contribution >= 0.6 is 0 Å². The van der Waals surface area contributed by atoms with E-state index in [0.717, 1.165) is 72.3 Å². The number of allylic oxidation sites excluding steroid dienone is 4. The standard InChI is InChI=1S/C36H30/c1-8-25-19-16-22-31(27(25)10-3)35-29(12-5)30(13-6)36(34-24(7)18-14-15-21-33(34)35)32-23-17-20-26(9-2)28(32)11-4/h8-23H,1-7H2. The van der Waals surface area contributed by atoms with E-state index < -0.39 is 0 Å². The lowest BCUT2D eigenvalue weighted by Gasteiger charge is -2.26. The van der Waals surface area contributed by atoms with Gasteiger partial charge in [-0.1, -0.05) is 143 Å². The molecule has 3 aromatic rings. The van der Waals surface area contributed by atoms with E-state index in [2.05, 4.69) is 94.6 Å². The monoisotopic (exact) mass is 462 g/mol. The van der Waals surface area contributed by atoms with Gasteiger partial charge in [0, 0.05) is 0 Å². The Kier molecular flexibility index (Phi) is 6.99. The Bertz CT molecular complexity index is 1530. The highest BCUT2D eigenvalue weighted by molar-refractivity contribution is 6.05. The first-order chi connectivity index (χ1) is 17.6. The SMILES string of the molecule is C=Cc1cccc(-c2c(C=C)c(C=C)c(-c3cccc(C=C)c3C=C)c3c2C=CC=CC3=C)c1C=C. The van der Waals surface area contributed by atoms with Gasteiger partial charge >= 0.3 is 0 Å². The molecule has 36 heavy (non-hydrogen) atoms. The Balaban J connectivity index is 2.31. The van der Waals surface area contributed by atoms with Crippen LogP contribution < -0.4 is 0 Å². The van der Waals surface area contributed by atoms with Crippen LogP contribution in [-0.4, -0.2) is 0 Å². The molecule has 0 heteroatoms. The van der Waals surface area contributed by atoms with Gasteiger partial charge in [0.25, 0.3) is 0 Å². The Labute approximate surface area is 215 Å². The van der Waals surface area contributed by atoms with Gasteiger partial charge in [0.15, 0.2) is 0 Å². The van der Waals surface area contributed by atoms with Crippen molar-refractivity contribution in [2.24, 2.45) is 0 Å². The van der Waals surface area contributed by atoms with Crippen LogP contribution in [-0.2, 0) is 0 Å². The van der Waals surface area contributed by atoms with Crippen molar-refractivity contribution >= 4 is 48.1 Å². The lowest BCUT2D eigenvalue weighted by atomic mass is 9.77. The van der Waals surface area contributed by atoms with Crippen molar-refractivity contribution in [2.75, 3.05) is 0 Å². The highest BCUT2D eigenvalue weighted by Crippen LogP contribution is 2.48. The van der Waals surface area contributed by atoms with Gasteiger partial charge in [0.2, 0.25) is 0 Å². The molecule has 4 rings (SSSR count). The Morgan fingerprint density at radius 2 is 0.944 bits per heavy atom. The lowest BCUT2D eigenvalue weighted by Crippen LogP contribution is -2.04. The molecule has 0 fully saturated rings. The molecule has 0 saturated carbocycles. The summed E-state index contributed by atoms with van der Waals surface area (Å²) in [6, 6.07) is 12.5. The fraction of sp³-hybridized carbons (Fsp3) is 0. The molecular formula is C36H30. The smallest absolute Gasteiger partial charge is 0.00145 e. The summed E-state index contributed by atoms with van der Waals surface area (Å²) in [5, 5.41) is 0. The Hall–Kier alpha value is -4.68. The number of rotatable bonds is 8. The minimum atomic E-state index is 0.920. The molecule has 0 nitrogen and oxygen atoms in total. The molecule has 0 aliphatic heterocycles. The summed E-state index contributed by atoms with van der Waals surface area (Å²) in [6.45, 7) is 29.2. The van der Waals surface area contributed by atoms with Crippen LogP contribution in [0, 0.1) is 0 Å². The number of hydrogen-bond donors (Lipinski definition) is 0. The lowest BCUT2D eigenvalue weighted by molar-refractivity contribution is 1.47. The summed E-state index contributed by atoms with van der Waals surface area (Å²) in [7, 11) is 0. The van der Waals surface area contributed by atoms with Crippen LogP contribution in [0.15, 0.2) is 101 Å². The normalized spacial score (nSPS) is 11.8. The zero-order chi connectivity index (χ0) is 25.8. The van der Waals surface area contributed by atoms with Crippen molar-refractivity contribution in [3.8, 4) is 22.3 Å². The number of fused-ring (bicyclic) bond motifs is 1. The van der Waals surface area contributed by atoms with Crippen molar-refractivity contribution in [1.29, 1.82) is 0 Å². The van der Waals surface area contributed by atoms with E-state index in [0.29, 0.717) is 0 Å². The summed E-state index contributed by atoms with van der Waals surface area (Å²) in [4.78, 5) is 0. The third-order valence-corrected chi connectivity index (χ3v) is 6.68. The van der Waals surface area contributed by atoms with E-state index in [4.69, 9.17) is 0 Å². The minimum Gasteiger partial charge on any atom is -0.0984 e. The highest BCUT2D eigenvalue weighted by atomic mass is 14.3. The first-order valence-corrected chi connectivity index (χ1v) is 11.9. The van der Waals surface area contributed by atoms with E-state index in [1.54, 1.807) is 0 Å². The molecular weight excluding hydrogens is 432 g/mol. The summed E-state index contributed by atoms with van der Waals surface area (Å²) >= 11 is 0. The van der Waals surface area contributed by atoms with Gasteiger partial charge in [-0.15, -0.1) is 0 Å². The second-order valence-corrected chi connectivity index (χ2v) is 8.45. The van der Waals surface area contributed by atoms with Gasteiger partial charge in [-0.2, -0.15) is 0 Å². The van der Waals surface area contributed by atoms with Crippen LogP contribution in [0.2, 0.25) is 0 Å². The first kappa shape index (κ1) is 24.4. The average molecular weight is 463 g/mol. The van der Waals surface area contributed by atoms with E-state index in [1.165, 1.54) is 0 Å². The van der Waals surface area contributed by atoms with Crippen LogP contribution in [0.4, 0.5) is 0 Å². The van der Waals surface area contributed by atoms with Crippen LogP contribution in [0.25, 0.3) is 70.4 Å². The highest BCUT2D eigenvalue weighted by Gasteiger charge is 2.26. The van der Waals surface area contributed by atoms with Gasteiger partial charge in [-0.25, -0.2) is 0 Å². The number of hydrogen-bond acceptors (Lipinski definition) is 0. The molecule has 0 radical (unpaired) electrons. The largest absolute Gasteiger partial charge is 0.0984 e. The van der Waals surface area contributed by atoms with Crippen molar-refractivity contribution in [1.82, 2.24) is 0 Å². The van der Waals surface area contributed by atoms with Gasteiger partial charge in [-0.3, -0.25) is 0 Å². The molecule has 0 aromatic heterocycles. The molecule has 174 valence electrons. The third-order valence-electron chi connectivity index (χ3n) is 6.68. The van der Waals surface area contributed by atoms with Gasteiger partial charge in [-0.05, 0) is 72.3 Å². The van der Waals surface area contributed by atoms with Gasteiger partial charge < -0.3 is 0 Å². The zero-order valence-corrected chi connectivity index (χ0v) is 20.7. The summed E-state index contributed by atoms with van der Waals surface area (Å²) in [6.07, 6.45) is 19.6. The maximum atomic E-state index is 4.47. The van der Waals surface area contributed by atoms with E-state index >= 15 is 0 Å². The molecule has 3 aromatic carbocycles. The average Bonchev–Trinajstić information content (AvgIpc) is 3.11. The molecule has 0 heterocycles. The van der Waals surface area contributed by atoms with Crippen molar-refractivity contribution < 1.29 is 0 Å². The quantitative estimate of drug-likeness (QED) is 0.312. The summed E-state index contributed by atoms with van der Waals surface area (Å²) < 4.78 is 0. The minimum absolute atomic E-state index is 0.920. The molecule has 0 atom stereocenters. The van der Waals surface area contributed by atoms with E-state index in [9.17, 15) is 0 Å². The van der Waals surface area contributed by atoms with Crippen LogP contribution in [0.1, 0.15) is 44.5 Å². The second kappa shape index (κ2) is 10.3. The molecule has 0 N–H and O–H groups in total. The molecule has 0 unspecified atom stereocenters. The van der Waals surface area contributed by atoms with Crippen LogP contribution in [0.3, 0.4) is 0 Å². The molecule has 0 amide bonds. The predicted octanol–water partition coefficient (Wildman–Crippen LogP) is 10.5. The Morgan fingerprint density at radius 1 is 0.472 bits per heavy atom. The zero-order valence-electron chi connectivity index (χ0n) is 20.7. The topological polar surface area (TPSA) is 0 Å². The molecule has 0 saturated heterocycles. The van der Waals surface area contributed by atoms with Gasteiger partial charge in [0.1, 0.15) is 0 Å². The third kappa shape index (κ3) is 3.83. The predicted molar refractivity (Wildman–Crippen MR) is 165 cm³/mol. The van der Waals surface area contributed by atoms with Gasteiger partial charge in [0.05, 0.1) is 0 Å². The van der Waals surface area contributed by atoms with E-state index in [1.807, 2.05) is 48.6 Å². The maximum Gasteiger partial charge on any atom is -0.00145 e. The first-order valence-electron chi connectivity index (χ1n) is 11.9. The second-order valence-electron chi connectivity index (χ2n) is 8.45. The van der Waals surface area contributed by atoms with Crippen molar-refractivity contribution in [3.63, 3.8) is 0 Å². The molecule has 1 aliphatic rings. The fourth-order valence-corrected chi connectivity index (χ4v) is 5.12. The maximum absolute atomic E-state index is 4.47.